The summed E-state index contributed by atoms with van der Waals surface area (Å²) in [7, 11) is -3.79. The second kappa shape index (κ2) is 9.27. The Bertz CT molecular complexity index is 976. The number of benzene rings is 2. The average molecular weight is 430 g/mol. The van der Waals surface area contributed by atoms with Crippen LogP contribution in [0, 0.1) is 0 Å². The average Bonchev–Trinajstić information content (AvgIpc) is 2.66. The molecule has 29 heavy (non-hydrogen) atoms. The van der Waals surface area contributed by atoms with E-state index in [2.05, 4.69) is 10.0 Å². The molecule has 6 nitrogen and oxygen atoms in total. The Morgan fingerprint density at radius 3 is 2.45 bits per heavy atom. The number of sulfonamides is 1. The molecule has 0 saturated carbocycles. The number of hydrogen-bond donors (Lipinski definition) is 2. The third kappa shape index (κ3) is 5.94. The highest BCUT2D eigenvalue weighted by Crippen LogP contribution is 2.35. The van der Waals surface area contributed by atoms with E-state index < -0.39 is 27.7 Å². The first kappa shape index (κ1) is 22.7. The van der Waals surface area contributed by atoms with Crippen LogP contribution in [-0.4, -0.2) is 27.5 Å². The molecule has 0 aliphatic heterocycles. The van der Waals surface area contributed by atoms with Gasteiger partial charge in [-0.05, 0) is 42.8 Å². The number of carbonyl (C=O) groups excluding carboxylic acids is 1. The number of amides is 1. The van der Waals surface area contributed by atoms with Gasteiger partial charge in [0.15, 0.2) is 0 Å². The summed E-state index contributed by atoms with van der Waals surface area (Å²) in [5.74, 6) is -0.677. The molecular formula is C19H21F3N2O4S. The molecule has 2 N–H and O–H groups in total. The van der Waals surface area contributed by atoms with Gasteiger partial charge in [-0.1, -0.05) is 19.9 Å². The van der Waals surface area contributed by atoms with Gasteiger partial charge in [-0.25, -0.2) is 13.1 Å². The Morgan fingerprint density at radius 2 is 1.83 bits per heavy atom. The van der Waals surface area contributed by atoms with Crippen molar-refractivity contribution in [2.24, 2.45) is 0 Å². The summed E-state index contributed by atoms with van der Waals surface area (Å²) in [6, 6.07) is 7.98. The van der Waals surface area contributed by atoms with E-state index in [4.69, 9.17) is 4.74 Å². The summed E-state index contributed by atoms with van der Waals surface area (Å²) in [5, 5.41) is 2.38. The Balaban J connectivity index is 2.36. The highest BCUT2D eigenvalue weighted by atomic mass is 32.2. The third-order valence-electron chi connectivity index (χ3n) is 3.76. The largest absolute Gasteiger partial charge is 0.491 e. The summed E-state index contributed by atoms with van der Waals surface area (Å²) >= 11 is 0. The molecule has 2 aromatic rings. The molecule has 2 rings (SSSR count). The van der Waals surface area contributed by atoms with Crippen LogP contribution >= 0.6 is 0 Å². The highest BCUT2D eigenvalue weighted by Gasteiger charge is 2.31. The number of ether oxygens (including phenoxy) is 1. The molecule has 158 valence electrons. The zero-order valence-electron chi connectivity index (χ0n) is 15.8. The van der Waals surface area contributed by atoms with Gasteiger partial charge in [0.05, 0.1) is 22.8 Å². The monoisotopic (exact) mass is 430 g/mol. The fraction of sp³-hybridized carbons (Fsp3) is 0.316. The van der Waals surface area contributed by atoms with Gasteiger partial charge in [-0.2, -0.15) is 13.2 Å². The van der Waals surface area contributed by atoms with Gasteiger partial charge in [0.1, 0.15) is 5.75 Å². The van der Waals surface area contributed by atoms with E-state index in [1.54, 1.807) is 6.92 Å². The molecule has 0 aromatic heterocycles. The summed E-state index contributed by atoms with van der Waals surface area (Å²) in [4.78, 5) is 12.4. The topological polar surface area (TPSA) is 84.5 Å². The van der Waals surface area contributed by atoms with E-state index in [0.717, 1.165) is 24.3 Å². The van der Waals surface area contributed by atoms with Crippen molar-refractivity contribution in [2.75, 3.05) is 18.5 Å². The number of alkyl halides is 3. The van der Waals surface area contributed by atoms with Crippen molar-refractivity contribution < 1.29 is 31.1 Å². The maximum absolute atomic E-state index is 13.0. The Hall–Kier alpha value is -2.59. The van der Waals surface area contributed by atoms with Gasteiger partial charge in [0, 0.05) is 12.1 Å². The van der Waals surface area contributed by atoms with Crippen molar-refractivity contribution in [2.45, 2.75) is 31.3 Å². The summed E-state index contributed by atoms with van der Waals surface area (Å²) < 4.78 is 71.1. The van der Waals surface area contributed by atoms with E-state index in [0.29, 0.717) is 6.42 Å². The van der Waals surface area contributed by atoms with Crippen LogP contribution in [-0.2, 0) is 16.2 Å². The van der Waals surface area contributed by atoms with E-state index in [9.17, 15) is 26.4 Å². The third-order valence-corrected chi connectivity index (χ3v) is 5.30. The fourth-order valence-electron chi connectivity index (χ4n) is 2.41. The number of hydrogen-bond acceptors (Lipinski definition) is 4. The maximum atomic E-state index is 13.0. The second-order valence-corrected chi connectivity index (χ2v) is 7.81. The molecule has 2 aromatic carbocycles. The Morgan fingerprint density at radius 1 is 1.10 bits per heavy atom. The molecule has 1 amide bonds. The first-order chi connectivity index (χ1) is 13.6. The fourth-order valence-corrected chi connectivity index (χ4v) is 3.50. The normalized spacial score (nSPS) is 11.9. The lowest BCUT2D eigenvalue weighted by atomic mass is 10.1. The quantitative estimate of drug-likeness (QED) is 0.662. The molecule has 0 spiro atoms. The number of rotatable bonds is 8. The number of nitrogens with one attached hydrogen (secondary N) is 2. The Labute approximate surface area is 167 Å². The minimum atomic E-state index is -4.59. The van der Waals surface area contributed by atoms with Gasteiger partial charge in [-0.3, -0.25) is 4.79 Å². The van der Waals surface area contributed by atoms with E-state index in [1.807, 2.05) is 6.92 Å². The molecule has 0 radical (unpaired) electrons. The van der Waals surface area contributed by atoms with Crippen LogP contribution in [0.4, 0.5) is 18.9 Å². The Kier molecular flexibility index (Phi) is 7.26. The van der Waals surface area contributed by atoms with Gasteiger partial charge in [0.25, 0.3) is 5.91 Å². The molecule has 0 aliphatic rings. The summed E-state index contributed by atoms with van der Waals surface area (Å²) in [5.41, 5.74) is -1.12. The van der Waals surface area contributed by atoms with Gasteiger partial charge >= 0.3 is 6.18 Å². The first-order valence-corrected chi connectivity index (χ1v) is 10.3. The minimum Gasteiger partial charge on any atom is -0.491 e. The number of halogens is 3. The standard InChI is InChI=1S/C19H21F3N2O4S/c1-3-10-28-17-9-8-14(19(20,21)22)12-16(17)24-18(25)13-6-5-7-15(11-13)29(26,27)23-4-2/h5-9,11-12,23H,3-4,10H2,1-2H3,(H,24,25). The highest BCUT2D eigenvalue weighted by molar-refractivity contribution is 7.89. The molecule has 0 bridgehead atoms. The van der Waals surface area contributed by atoms with Crippen LogP contribution in [0.3, 0.4) is 0 Å². The molecule has 0 saturated heterocycles. The predicted molar refractivity (Wildman–Crippen MR) is 102 cm³/mol. The van der Waals surface area contributed by atoms with Crippen LogP contribution in [0.5, 0.6) is 5.75 Å². The number of anilines is 1. The van der Waals surface area contributed by atoms with Gasteiger partial charge in [-0.15, -0.1) is 0 Å². The first-order valence-electron chi connectivity index (χ1n) is 8.83. The molecule has 10 heteroatoms. The lowest BCUT2D eigenvalue weighted by Gasteiger charge is -2.15. The van der Waals surface area contributed by atoms with Crippen LogP contribution in [0.25, 0.3) is 0 Å². The molecule has 0 heterocycles. The van der Waals surface area contributed by atoms with E-state index in [1.165, 1.54) is 18.2 Å². The van der Waals surface area contributed by atoms with Crippen LogP contribution in [0.1, 0.15) is 36.2 Å². The van der Waals surface area contributed by atoms with Crippen LogP contribution in [0.15, 0.2) is 47.4 Å². The molecule has 0 aliphatic carbocycles. The van der Waals surface area contributed by atoms with Crippen LogP contribution < -0.4 is 14.8 Å². The molecule has 0 fully saturated rings. The maximum Gasteiger partial charge on any atom is 0.416 e. The van der Waals surface area contributed by atoms with E-state index >= 15 is 0 Å². The smallest absolute Gasteiger partial charge is 0.416 e. The number of carbonyl (C=O) groups is 1. The second-order valence-electron chi connectivity index (χ2n) is 6.04. The lowest BCUT2D eigenvalue weighted by molar-refractivity contribution is -0.137. The molecular weight excluding hydrogens is 409 g/mol. The van der Waals surface area contributed by atoms with Crippen molar-refractivity contribution >= 4 is 21.6 Å². The van der Waals surface area contributed by atoms with Crippen molar-refractivity contribution in [3.63, 3.8) is 0 Å². The summed E-state index contributed by atoms with van der Waals surface area (Å²) in [6.07, 6.45) is -3.97. The van der Waals surface area contributed by atoms with Gasteiger partial charge < -0.3 is 10.1 Å². The minimum absolute atomic E-state index is 0.0252. The van der Waals surface area contributed by atoms with E-state index in [-0.39, 0.29) is 35.0 Å². The van der Waals surface area contributed by atoms with Crippen LogP contribution in [0.2, 0.25) is 0 Å². The zero-order chi connectivity index (χ0) is 21.7. The van der Waals surface area contributed by atoms with Crippen molar-refractivity contribution in [3.8, 4) is 5.75 Å². The lowest BCUT2D eigenvalue weighted by Crippen LogP contribution is -2.23. The SMILES string of the molecule is CCCOc1ccc(C(F)(F)F)cc1NC(=O)c1cccc(S(=O)(=O)NCC)c1. The predicted octanol–water partition coefficient (Wildman–Crippen LogP) is 4.04. The van der Waals surface area contributed by atoms with Crippen molar-refractivity contribution in [1.29, 1.82) is 0 Å². The molecule has 0 unspecified atom stereocenters. The van der Waals surface area contributed by atoms with Crippen molar-refractivity contribution in [1.82, 2.24) is 4.72 Å². The summed E-state index contributed by atoms with van der Waals surface area (Å²) in [6.45, 7) is 3.87. The zero-order valence-corrected chi connectivity index (χ0v) is 16.7. The molecule has 0 atom stereocenters. The van der Waals surface area contributed by atoms with Gasteiger partial charge in [0.2, 0.25) is 10.0 Å². The van der Waals surface area contributed by atoms with Crippen molar-refractivity contribution in [3.05, 3.63) is 53.6 Å².